The third kappa shape index (κ3) is 4.88. The predicted octanol–water partition coefficient (Wildman–Crippen LogP) is 0.928. The third-order valence-corrected chi connectivity index (χ3v) is 6.02. The first kappa shape index (κ1) is 19.1. The van der Waals surface area contributed by atoms with Gasteiger partial charge in [-0.15, -0.1) is 0 Å². The lowest BCUT2D eigenvalue weighted by molar-refractivity contribution is 0.0950. The molecule has 0 atom stereocenters. The van der Waals surface area contributed by atoms with E-state index in [1.54, 1.807) is 12.1 Å². The lowest BCUT2D eigenvalue weighted by Crippen LogP contribution is -2.24. The maximum absolute atomic E-state index is 12.2. The van der Waals surface area contributed by atoms with Crippen LogP contribution < -0.4 is 10.0 Å². The molecule has 2 aromatic rings. The minimum absolute atomic E-state index is 0.000144. The Bertz CT molecular complexity index is 981. The van der Waals surface area contributed by atoms with Crippen molar-refractivity contribution in [2.75, 3.05) is 13.3 Å². The van der Waals surface area contributed by atoms with Crippen LogP contribution in [0.2, 0.25) is 0 Å². The summed E-state index contributed by atoms with van der Waals surface area (Å²) in [5.41, 5.74) is 0.934. The summed E-state index contributed by atoms with van der Waals surface area (Å²) in [5, 5.41) is 2.67. The maximum Gasteiger partial charge on any atom is 0.251 e. The van der Waals surface area contributed by atoms with Crippen molar-refractivity contribution in [2.45, 2.75) is 16.3 Å². The predicted molar refractivity (Wildman–Crippen MR) is 93.4 cm³/mol. The Hall–Kier alpha value is -2.23. The van der Waals surface area contributed by atoms with Crippen LogP contribution in [0, 0.1) is 0 Å². The highest BCUT2D eigenvalue weighted by atomic mass is 32.2. The molecule has 0 saturated heterocycles. The number of nitrogens with one attached hydrogen (secondary N) is 2. The van der Waals surface area contributed by atoms with Gasteiger partial charge >= 0.3 is 0 Å². The fraction of sp³-hybridized carbons (Fsp3) is 0.188. The Morgan fingerprint density at radius 3 is 2.16 bits per heavy atom. The van der Waals surface area contributed by atoms with Crippen LogP contribution >= 0.6 is 0 Å². The van der Waals surface area contributed by atoms with Crippen LogP contribution in [0.5, 0.6) is 0 Å². The largest absolute Gasteiger partial charge is 0.348 e. The topological polar surface area (TPSA) is 109 Å². The van der Waals surface area contributed by atoms with E-state index in [-0.39, 0.29) is 21.9 Å². The molecule has 0 fully saturated rings. The van der Waals surface area contributed by atoms with Crippen LogP contribution in [0.1, 0.15) is 15.9 Å². The fourth-order valence-electron chi connectivity index (χ4n) is 2.06. The van der Waals surface area contributed by atoms with Crippen molar-refractivity contribution >= 4 is 25.8 Å². The lowest BCUT2D eigenvalue weighted by Gasteiger charge is -2.08. The van der Waals surface area contributed by atoms with Gasteiger partial charge in [0.05, 0.1) is 9.79 Å². The minimum atomic E-state index is -3.63. The summed E-state index contributed by atoms with van der Waals surface area (Å²) in [5.74, 6) is -0.430. The highest BCUT2D eigenvalue weighted by Crippen LogP contribution is 2.12. The summed E-state index contributed by atoms with van der Waals surface area (Å²) >= 11 is 0. The van der Waals surface area contributed by atoms with Gasteiger partial charge in [0.25, 0.3) is 5.91 Å². The SMILES string of the molecule is CNS(=O)(=O)c1cccc(C(=O)NCc2ccc(S(C)(=O)=O)cc2)c1. The Morgan fingerprint density at radius 1 is 0.960 bits per heavy atom. The van der Waals surface area contributed by atoms with Crippen molar-refractivity contribution < 1.29 is 21.6 Å². The zero-order valence-corrected chi connectivity index (χ0v) is 15.3. The molecule has 0 aliphatic heterocycles. The molecular weight excluding hydrogens is 364 g/mol. The number of amides is 1. The van der Waals surface area contributed by atoms with E-state index in [0.29, 0.717) is 0 Å². The molecule has 0 aliphatic carbocycles. The Balaban J connectivity index is 2.09. The number of hydrogen-bond acceptors (Lipinski definition) is 5. The first-order valence-electron chi connectivity index (χ1n) is 7.24. The fourth-order valence-corrected chi connectivity index (χ4v) is 3.47. The highest BCUT2D eigenvalue weighted by molar-refractivity contribution is 7.90. The average Bonchev–Trinajstić information content (AvgIpc) is 2.59. The lowest BCUT2D eigenvalue weighted by atomic mass is 10.2. The van der Waals surface area contributed by atoms with Gasteiger partial charge in [0.2, 0.25) is 10.0 Å². The molecule has 0 bridgehead atoms. The smallest absolute Gasteiger partial charge is 0.251 e. The molecule has 2 N–H and O–H groups in total. The normalized spacial score (nSPS) is 11.9. The first-order valence-corrected chi connectivity index (χ1v) is 10.6. The van der Waals surface area contributed by atoms with Crippen molar-refractivity contribution in [3.8, 4) is 0 Å². The van der Waals surface area contributed by atoms with Gasteiger partial charge in [-0.25, -0.2) is 21.6 Å². The molecule has 0 aliphatic rings. The number of sulfone groups is 1. The second-order valence-corrected chi connectivity index (χ2v) is 9.24. The number of rotatable bonds is 6. The van der Waals surface area contributed by atoms with Crippen LogP contribution in [-0.2, 0) is 26.4 Å². The monoisotopic (exact) mass is 382 g/mol. The minimum Gasteiger partial charge on any atom is -0.348 e. The molecule has 25 heavy (non-hydrogen) atoms. The molecule has 9 heteroatoms. The summed E-state index contributed by atoms with van der Waals surface area (Å²) in [6, 6.07) is 11.8. The van der Waals surface area contributed by atoms with E-state index in [9.17, 15) is 21.6 Å². The Kier molecular flexibility index (Phi) is 5.61. The Morgan fingerprint density at radius 2 is 1.60 bits per heavy atom. The summed E-state index contributed by atoms with van der Waals surface area (Å²) in [4.78, 5) is 12.4. The zero-order valence-electron chi connectivity index (χ0n) is 13.7. The maximum atomic E-state index is 12.2. The molecule has 7 nitrogen and oxygen atoms in total. The molecule has 0 unspecified atom stereocenters. The molecule has 2 rings (SSSR count). The molecule has 0 aromatic heterocycles. The van der Waals surface area contributed by atoms with Gasteiger partial charge in [-0.1, -0.05) is 18.2 Å². The number of sulfonamides is 1. The van der Waals surface area contributed by atoms with Gasteiger partial charge in [-0.2, -0.15) is 0 Å². The van der Waals surface area contributed by atoms with Crippen LogP contribution in [-0.4, -0.2) is 36.0 Å². The standard InChI is InChI=1S/C16H18N2O5S2/c1-17-25(22,23)15-5-3-4-13(10-15)16(19)18-11-12-6-8-14(9-7-12)24(2,20)21/h3-10,17H,11H2,1-2H3,(H,18,19). The zero-order chi connectivity index (χ0) is 18.7. The summed E-state index contributed by atoms with van der Waals surface area (Å²) in [6.07, 6.45) is 1.12. The van der Waals surface area contributed by atoms with E-state index in [0.717, 1.165) is 11.8 Å². The first-order chi connectivity index (χ1) is 11.6. The second-order valence-electron chi connectivity index (χ2n) is 5.33. The highest BCUT2D eigenvalue weighted by Gasteiger charge is 2.14. The number of carbonyl (C=O) groups excluding carboxylic acids is 1. The Labute approximate surface area is 147 Å². The molecule has 0 heterocycles. The van der Waals surface area contributed by atoms with Gasteiger partial charge < -0.3 is 5.32 Å². The van der Waals surface area contributed by atoms with Crippen molar-refractivity contribution in [3.05, 3.63) is 59.7 Å². The van der Waals surface area contributed by atoms with Gasteiger partial charge in [0.15, 0.2) is 9.84 Å². The van der Waals surface area contributed by atoms with E-state index in [1.165, 1.54) is 43.4 Å². The number of benzene rings is 2. The molecular formula is C16H18N2O5S2. The third-order valence-electron chi connectivity index (χ3n) is 3.48. The van der Waals surface area contributed by atoms with E-state index < -0.39 is 25.8 Å². The van der Waals surface area contributed by atoms with Gasteiger partial charge in [-0.3, -0.25) is 4.79 Å². The molecule has 134 valence electrons. The van der Waals surface area contributed by atoms with E-state index in [2.05, 4.69) is 10.0 Å². The quantitative estimate of drug-likeness (QED) is 0.772. The van der Waals surface area contributed by atoms with Gasteiger partial charge in [0, 0.05) is 18.4 Å². The van der Waals surface area contributed by atoms with Crippen LogP contribution in [0.4, 0.5) is 0 Å². The summed E-state index contributed by atoms with van der Waals surface area (Å²) in [7, 11) is -5.60. The molecule has 0 spiro atoms. The van der Waals surface area contributed by atoms with E-state index in [1.807, 2.05) is 0 Å². The molecule has 0 radical (unpaired) electrons. The molecule has 0 saturated carbocycles. The number of carbonyl (C=O) groups is 1. The van der Waals surface area contributed by atoms with Crippen LogP contribution in [0.15, 0.2) is 58.3 Å². The summed E-state index contributed by atoms with van der Waals surface area (Å²) in [6.45, 7) is 0.186. The van der Waals surface area contributed by atoms with Crippen molar-refractivity contribution in [1.82, 2.24) is 10.0 Å². The second kappa shape index (κ2) is 7.34. The van der Waals surface area contributed by atoms with Gasteiger partial charge in [-0.05, 0) is 42.9 Å². The van der Waals surface area contributed by atoms with Crippen molar-refractivity contribution in [1.29, 1.82) is 0 Å². The van der Waals surface area contributed by atoms with Crippen molar-refractivity contribution in [2.24, 2.45) is 0 Å². The molecule has 1 amide bonds. The van der Waals surface area contributed by atoms with Crippen LogP contribution in [0.25, 0.3) is 0 Å². The van der Waals surface area contributed by atoms with Crippen molar-refractivity contribution in [3.63, 3.8) is 0 Å². The average molecular weight is 382 g/mol. The summed E-state index contributed by atoms with van der Waals surface area (Å²) < 4.78 is 48.6. The van der Waals surface area contributed by atoms with E-state index >= 15 is 0 Å². The molecule has 2 aromatic carbocycles. The number of hydrogen-bond donors (Lipinski definition) is 2. The van der Waals surface area contributed by atoms with Gasteiger partial charge in [0.1, 0.15) is 0 Å². The van der Waals surface area contributed by atoms with E-state index in [4.69, 9.17) is 0 Å². The van der Waals surface area contributed by atoms with Crippen LogP contribution in [0.3, 0.4) is 0 Å².